The first-order chi connectivity index (χ1) is 15.7. The number of nitrogens with one attached hydrogen (secondary N) is 1. The van der Waals surface area contributed by atoms with Crippen molar-refractivity contribution >= 4 is 28.5 Å². The van der Waals surface area contributed by atoms with Crippen molar-refractivity contribution in [2.75, 3.05) is 11.4 Å². The van der Waals surface area contributed by atoms with E-state index >= 15 is 4.39 Å². The summed E-state index contributed by atoms with van der Waals surface area (Å²) >= 11 is 6.01. The van der Waals surface area contributed by atoms with Crippen molar-refractivity contribution in [2.45, 2.75) is 33.2 Å². The van der Waals surface area contributed by atoms with E-state index in [9.17, 15) is 13.2 Å². The first kappa shape index (κ1) is 21.7. The number of halogens is 5. The van der Waals surface area contributed by atoms with E-state index in [1.807, 2.05) is 0 Å². The van der Waals surface area contributed by atoms with Crippen LogP contribution >= 0.6 is 11.6 Å². The molecular formula is C24H19ClF4N4. The van der Waals surface area contributed by atoms with Gasteiger partial charge in [0.25, 0.3) is 0 Å². The first-order valence-corrected chi connectivity index (χ1v) is 10.8. The molecule has 0 radical (unpaired) electrons. The third-order valence-electron chi connectivity index (χ3n) is 6.21. The van der Waals surface area contributed by atoms with E-state index in [1.54, 1.807) is 11.0 Å². The highest BCUT2D eigenvalue weighted by Gasteiger charge is 2.37. The van der Waals surface area contributed by atoms with E-state index in [1.165, 1.54) is 39.0 Å². The number of benzene rings is 2. The lowest BCUT2D eigenvalue weighted by atomic mass is 9.91. The summed E-state index contributed by atoms with van der Waals surface area (Å²) in [7, 11) is 0. The zero-order valence-electron chi connectivity index (χ0n) is 18.0. The summed E-state index contributed by atoms with van der Waals surface area (Å²) in [5, 5.41) is 0.298. The lowest BCUT2D eigenvalue weighted by Crippen LogP contribution is -2.38. The molecule has 0 amide bonds. The lowest BCUT2D eigenvalue weighted by Gasteiger charge is -2.36. The van der Waals surface area contributed by atoms with Crippen LogP contribution in [0.25, 0.3) is 10.9 Å². The number of H-pyrrole nitrogens is 1. The molecule has 1 N–H and O–H groups in total. The maximum Gasteiger partial charge on any atom is 0.226 e. The smallest absolute Gasteiger partial charge is 0.226 e. The summed E-state index contributed by atoms with van der Waals surface area (Å²) < 4.78 is 59.0. The van der Waals surface area contributed by atoms with Crippen molar-refractivity contribution < 1.29 is 17.6 Å². The van der Waals surface area contributed by atoms with Crippen LogP contribution in [0.3, 0.4) is 0 Å². The Morgan fingerprint density at radius 2 is 1.61 bits per heavy atom. The van der Waals surface area contributed by atoms with Gasteiger partial charge in [0.05, 0.1) is 16.4 Å². The van der Waals surface area contributed by atoms with Crippen molar-refractivity contribution in [1.29, 1.82) is 0 Å². The highest BCUT2D eigenvalue weighted by atomic mass is 35.5. The molecule has 2 aromatic carbocycles. The highest BCUT2D eigenvalue weighted by Crippen LogP contribution is 2.42. The number of aromatic amines is 1. The van der Waals surface area contributed by atoms with Gasteiger partial charge in [0, 0.05) is 28.7 Å². The first-order valence-electron chi connectivity index (χ1n) is 10.4. The molecule has 2 aromatic heterocycles. The minimum absolute atomic E-state index is 0.0241. The standard InChI is InChI=1S/C24H19ClF4N4/c1-10-4-5-14(20(28)18(10)26)23-22-13(17-16(32-22)7-6-15(25)21(17)29)8-9-33(23)24-30-11(2)19(27)12(3)31-24/h4-7,23,32H,8-9H2,1-3H3/t23-/m1/s1. The van der Waals surface area contributed by atoms with Gasteiger partial charge in [-0.15, -0.1) is 0 Å². The van der Waals surface area contributed by atoms with E-state index in [0.717, 1.165) is 0 Å². The fraction of sp³-hybridized carbons (Fsp3) is 0.250. The molecule has 5 rings (SSSR count). The maximum absolute atomic E-state index is 15.2. The molecule has 4 aromatic rings. The van der Waals surface area contributed by atoms with Crippen LogP contribution in [0.4, 0.5) is 23.5 Å². The number of hydrogen-bond donors (Lipinski definition) is 1. The van der Waals surface area contributed by atoms with Gasteiger partial charge in [-0.05, 0) is 50.5 Å². The molecular weight excluding hydrogens is 456 g/mol. The van der Waals surface area contributed by atoms with Gasteiger partial charge in [-0.3, -0.25) is 0 Å². The molecule has 1 aliphatic rings. The monoisotopic (exact) mass is 474 g/mol. The molecule has 4 nitrogen and oxygen atoms in total. The molecule has 170 valence electrons. The van der Waals surface area contributed by atoms with Crippen molar-refractivity contribution in [1.82, 2.24) is 15.0 Å². The van der Waals surface area contributed by atoms with Gasteiger partial charge in [0.2, 0.25) is 5.95 Å². The van der Waals surface area contributed by atoms with Crippen LogP contribution < -0.4 is 4.90 Å². The molecule has 9 heteroatoms. The van der Waals surface area contributed by atoms with Gasteiger partial charge in [-0.2, -0.15) is 0 Å². The Bertz CT molecular complexity index is 1410. The number of fused-ring (bicyclic) bond motifs is 3. The van der Waals surface area contributed by atoms with Gasteiger partial charge >= 0.3 is 0 Å². The predicted octanol–water partition coefficient (Wildman–Crippen LogP) is 6.25. The van der Waals surface area contributed by atoms with Crippen LogP contribution in [-0.2, 0) is 6.42 Å². The van der Waals surface area contributed by atoms with E-state index in [2.05, 4.69) is 15.0 Å². The van der Waals surface area contributed by atoms with Gasteiger partial charge in [0.1, 0.15) is 6.04 Å². The van der Waals surface area contributed by atoms with Crippen molar-refractivity contribution in [2.24, 2.45) is 0 Å². The Balaban J connectivity index is 1.79. The number of anilines is 1. The molecule has 0 aliphatic carbocycles. The lowest BCUT2D eigenvalue weighted by molar-refractivity contribution is 0.480. The second kappa shape index (κ2) is 7.73. The predicted molar refractivity (Wildman–Crippen MR) is 119 cm³/mol. The van der Waals surface area contributed by atoms with Crippen LogP contribution in [0.2, 0.25) is 5.02 Å². The zero-order chi connectivity index (χ0) is 23.6. The van der Waals surface area contributed by atoms with Crippen molar-refractivity contribution in [3.05, 3.63) is 86.3 Å². The number of hydrogen-bond acceptors (Lipinski definition) is 3. The molecule has 0 fully saturated rings. The van der Waals surface area contributed by atoms with Gasteiger partial charge in [-0.25, -0.2) is 27.5 Å². The molecule has 1 aliphatic heterocycles. The molecule has 1 atom stereocenters. The number of rotatable bonds is 2. The molecule has 3 heterocycles. The van der Waals surface area contributed by atoms with Gasteiger partial charge < -0.3 is 9.88 Å². The minimum atomic E-state index is -1.01. The summed E-state index contributed by atoms with van der Waals surface area (Å²) in [4.78, 5) is 13.4. The fourth-order valence-corrected chi connectivity index (χ4v) is 4.70. The minimum Gasteiger partial charge on any atom is -0.356 e. The van der Waals surface area contributed by atoms with Crippen molar-refractivity contribution in [3.8, 4) is 0 Å². The van der Waals surface area contributed by atoms with Gasteiger partial charge in [-0.1, -0.05) is 23.7 Å². The largest absolute Gasteiger partial charge is 0.356 e. The molecule has 0 unspecified atom stereocenters. The van der Waals surface area contributed by atoms with Crippen LogP contribution in [0.1, 0.15) is 39.8 Å². The molecule has 33 heavy (non-hydrogen) atoms. The van der Waals surface area contributed by atoms with Crippen LogP contribution in [0.5, 0.6) is 0 Å². The van der Waals surface area contributed by atoms with Crippen molar-refractivity contribution in [3.63, 3.8) is 0 Å². The Hall–Kier alpha value is -3.13. The Morgan fingerprint density at radius 3 is 2.30 bits per heavy atom. The summed E-state index contributed by atoms with van der Waals surface area (Å²) in [6.07, 6.45) is 0.373. The second-order valence-electron chi connectivity index (χ2n) is 8.26. The maximum atomic E-state index is 15.2. The average Bonchev–Trinajstić information content (AvgIpc) is 3.17. The van der Waals surface area contributed by atoms with E-state index in [-0.39, 0.29) is 40.0 Å². The zero-order valence-corrected chi connectivity index (χ0v) is 18.8. The molecule has 0 bridgehead atoms. The average molecular weight is 475 g/mol. The molecule has 0 saturated carbocycles. The molecule has 0 spiro atoms. The summed E-state index contributed by atoms with van der Waals surface area (Å²) in [5.41, 5.74) is 2.11. The number of nitrogens with zero attached hydrogens (tertiary/aromatic N) is 3. The van der Waals surface area contributed by atoms with Crippen LogP contribution in [0, 0.1) is 44.0 Å². The number of aryl methyl sites for hydroxylation is 3. The highest BCUT2D eigenvalue weighted by molar-refractivity contribution is 6.31. The second-order valence-corrected chi connectivity index (χ2v) is 8.66. The summed E-state index contributed by atoms with van der Waals surface area (Å²) in [6.45, 7) is 4.78. The summed E-state index contributed by atoms with van der Waals surface area (Å²) in [6, 6.07) is 5.19. The number of aromatic nitrogens is 3. The van der Waals surface area contributed by atoms with Crippen LogP contribution in [-0.4, -0.2) is 21.5 Å². The third-order valence-corrected chi connectivity index (χ3v) is 6.50. The Kier molecular flexibility index (Phi) is 5.08. The Labute approximate surface area is 192 Å². The van der Waals surface area contributed by atoms with Gasteiger partial charge in [0.15, 0.2) is 23.3 Å². The molecule has 0 saturated heterocycles. The summed E-state index contributed by atoms with van der Waals surface area (Å²) in [5.74, 6) is -2.88. The van der Waals surface area contributed by atoms with E-state index in [4.69, 9.17) is 11.6 Å². The van der Waals surface area contributed by atoms with E-state index in [0.29, 0.717) is 28.6 Å². The quantitative estimate of drug-likeness (QED) is 0.349. The SMILES string of the molecule is Cc1ccc([C@@H]2c3[nH]c4ccc(Cl)c(F)c4c3CCN2c2nc(C)c(F)c(C)n2)c(F)c1F. The normalized spacial score (nSPS) is 15.9. The van der Waals surface area contributed by atoms with Crippen LogP contribution in [0.15, 0.2) is 24.3 Å². The topological polar surface area (TPSA) is 44.8 Å². The fourth-order valence-electron chi connectivity index (χ4n) is 4.54. The Morgan fingerprint density at radius 1 is 0.909 bits per heavy atom. The van der Waals surface area contributed by atoms with E-state index < -0.39 is 29.3 Å². The third kappa shape index (κ3) is 3.27.